The molecule has 11 heteroatoms. The molecule has 4 aromatic carbocycles. The second kappa shape index (κ2) is 17.2. The summed E-state index contributed by atoms with van der Waals surface area (Å²) in [7, 11) is 0. The van der Waals surface area contributed by atoms with Crippen LogP contribution >= 0.6 is 0 Å². The van der Waals surface area contributed by atoms with Crippen LogP contribution < -0.4 is 15.5 Å². The van der Waals surface area contributed by atoms with Crippen molar-refractivity contribution < 1.29 is 34.1 Å². The van der Waals surface area contributed by atoms with Gasteiger partial charge in [-0.1, -0.05) is 91.9 Å². The molecule has 0 aliphatic carbocycles. The molecule has 288 valence electrons. The van der Waals surface area contributed by atoms with Gasteiger partial charge in [0.1, 0.15) is 5.54 Å². The summed E-state index contributed by atoms with van der Waals surface area (Å²) in [4.78, 5) is 40.9. The number of nitrogens with one attached hydrogen (secondary N) is 2. The Morgan fingerprint density at radius 2 is 1.58 bits per heavy atom. The fraction of sp³-hybridized carbons (Fsp3) is 0.386. The molecule has 3 aliphatic heterocycles. The first-order chi connectivity index (χ1) is 26.7. The number of aliphatic hydroxyl groups excluding tert-OH is 1. The van der Waals surface area contributed by atoms with Crippen molar-refractivity contribution in [2.75, 3.05) is 31.2 Å². The Bertz CT molecular complexity index is 1930. The molecule has 55 heavy (non-hydrogen) atoms. The van der Waals surface area contributed by atoms with E-state index < -0.39 is 17.8 Å². The van der Waals surface area contributed by atoms with E-state index in [1.165, 1.54) is 0 Å². The van der Waals surface area contributed by atoms with Crippen molar-refractivity contribution in [3.63, 3.8) is 0 Å². The number of nitrogens with zero attached hydrogens (tertiary/aromatic N) is 2. The van der Waals surface area contributed by atoms with Crippen molar-refractivity contribution in [2.24, 2.45) is 5.92 Å². The van der Waals surface area contributed by atoms with Crippen molar-refractivity contribution in [3.05, 3.63) is 125 Å². The van der Waals surface area contributed by atoms with E-state index in [1.807, 2.05) is 78.9 Å². The second-order valence-electron chi connectivity index (χ2n) is 14.9. The number of hydrogen-bond donors (Lipinski definition) is 4. The molecule has 0 aromatic heterocycles. The maximum absolute atomic E-state index is 13.3. The third kappa shape index (κ3) is 8.76. The molecule has 0 bridgehead atoms. The number of para-hydroxylation sites is 1. The third-order valence-electron chi connectivity index (χ3n) is 11.4. The van der Waals surface area contributed by atoms with Crippen LogP contribution in [-0.4, -0.2) is 70.8 Å². The molecule has 4 atom stereocenters. The highest BCUT2D eigenvalue weighted by Crippen LogP contribution is 2.43. The van der Waals surface area contributed by atoms with Gasteiger partial charge in [0.15, 0.2) is 6.29 Å². The highest BCUT2D eigenvalue weighted by atomic mass is 16.7. The number of piperidine rings is 1. The Balaban J connectivity index is 1.04. The van der Waals surface area contributed by atoms with Gasteiger partial charge >= 0.3 is 5.97 Å². The number of carboxylic acid groups (broad SMARTS) is 1. The Labute approximate surface area is 322 Å². The summed E-state index contributed by atoms with van der Waals surface area (Å²) >= 11 is 0. The first-order valence-electron chi connectivity index (χ1n) is 19.2. The molecule has 7 rings (SSSR count). The largest absolute Gasteiger partial charge is 0.481 e. The number of rotatable bonds is 13. The van der Waals surface area contributed by atoms with E-state index in [0.717, 1.165) is 65.0 Å². The van der Waals surface area contributed by atoms with E-state index in [1.54, 1.807) is 0 Å². The predicted molar refractivity (Wildman–Crippen MR) is 209 cm³/mol. The van der Waals surface area contributed by atoms with Gasteiger partial charge < -0.3 is 40.1 Å². The number of amides is 2. The summed E-state index contributed by atoms with van der Waals surface area (Å²) in [5.41, 5.74) is 6.25. The number of likely N-dealkylation sites (tertiary alicyclic amines) is 1. The molecule has 0 unspecified atom stereocenters. The number of carbonyl (C=O) groups excluding carboxylic acids is 2. The molecule has 2 amide bonds. The van der Waals surface area contributed by atoms with Crippen molar-refractivity contribution in [3.8, 4) is 11.1 Å². The van der Waals surface area contributed by atoms with E-state index >= 15 is 0 Å². The van der Waals surface area contributed by atoms with Crippen LogP contribution in [0.3, 0.4) is 0 Å². The topological polar surface area (TPSA) is 141 Å². The highest BCUT2D eigenvalue weighted by Gasteiger charge is 2.51. The number of anilines is 1. The summed E-state index contributed by atoms with van der Waals surface area (Å²) in [5, 5.41) is 24.5. The minimum Gasteiger partial charge on any atom is -0.481 e. The molecule has 0 radical (unpaired) electrons. The number of carboxylic acids is 1. The lowest BCUT2D eigenvalue weighted by Gasteiger charge is -2.46. The maximum Gasteiger partial charge on any atom is 0.303 e. The third-order valence-corrected chi connectivity index (χ3v) is 11.4. The fourth-order valence-electron chi connectivity index (χ4n) is 8.10. The number of ether oxygens (including phenoxy) is 2. The Morgan fingerprint density at radius 3 is 2.29 bits per heavy atom. The van der Waals surface area contributed by atoms with E-state index in [4.69, 9.17) is 14.6 Å². The van der Waals surface area contributed by atoms with Crippen LogP contribution in [-0.2, 0) is 37.0 Å². The zero-order valence-corrected chi connectivity index (χ0v) is 31.2. The van der Waals surface area contributed by atoms with Crippen LogP contribution in [0.15, 0.2) is 103 Å². The van der Waals surface area contributed by atoms with Crippen LogP contribution in [0.4, 0.5) is 5.69 Å². The van der Waals surface area contributed by atoms with Gasteiger partial charge in [-0.2, -0.15) is 0 Å². The SMILES string of the molecule is C[C@@H]1[C@H](CN2CCC3(CC2)C(=O)NCN3c2ccccc2)O[C@H](c2ccc(-c3cccc(CNC(=O)CCCC(=O)O)c3)cc2)O[C@@H]1c1ccc(CO)cc1. The normalized spacial score (nSPS) is 22.4. The van der Waals surface area contributed by atoms with E-state index in [2.05, 4.69) is 51.6 Å². The Hall–Kier alpha value is -5.07. The number of aliphatic hydroxyl groups is 1. The van der Waals surface area contributed by atoms with Gasteiger partial charge in [-0.25, -0.2) is 0 Å². The van der Waals surface area contributed by atoms with Gasteiger partial charge in [0.05, 0.1) is 25.5 Å². The summed E-state index contributed by atoms with van der Waals surface area (Å²) in [6, 6.07) is 34.3. The first kappa shape index (κ1) is 38.2. The monoisotopic (exact) mass is 746 g/mol. The molecule has 3 aliphatic rings. The van der Waals surface area contributed by atoms with Gasteiger partial charge in [0.25, 0.3) is 0 Å². The number of hydrogen-bond acceptors (Lipinski definition) is 8. The summed E-state index contributed by atoms with van der Waals surface area (Å²) in [6.45, 7) is 5.27. The minimum absolute atomic E-state index is 0.0234. The standard InChI is InChI=1S/C44H50N4O7/c1-30-38(27-47-23-21-44(22-24-47)43(53)46-29-48(44)37-9-3-2-4-10-37)54-42(55-41(30)34-15-13-31(28-49)14-16-34)35-19-17-33(18-20-35)36-8-5-7-32(25-36)26-45-39(50)11-6-12-40(51)52/h2-5,7-10,13-20,25,30,38,41-42,49H,6,11-12,21-24,26-29H2,1H3,(H,45,50)(H,46,53)(H,51,52)/t30-,38+,41+,42+/m1/s1. The average Bonchev–Trinajstić information content (AvgIpc) is 3.53. The van der Waals surface area contributed by atoms with Crippen molar-refractivity contribution in [2.45, 2.75) is 76.2 Å². The lowest BCUT2D eigenvalue weighted by Crippen LogP contribution is -2.57. The van der Waals surface area contributed by atoms with Crippen LogP contribution in [0.2, 0.25) is 0 Å². The Kier molecular flexibility index (Phi) is 11.9. The molecule has 3 heterocycles. The quantitative estimate of drug-likeness (QED) is 0.131. The number of carbonyl (C=O) groups is 3. The minimum atomic E-state index is -0.903. The van der Waals surface area contributed by atoms with Crippen LogP contribution in [0.25, 0.3) is 11.1 Å². The number of benzene rings is 4. The molecular weight excluding hydrogens is 697 g/mol. The fourth-order valence-corrected chi connectivity index (χ4v) is 8.10. The zero-order chi connectivity index (χ0) is 38.4. The summed E-state index contributed by atoms with van der Waals surface area (Å²) < 4.78 is 13.5. The molecule has 1 spiro atoms. The smallest absolute Gasteiger partial charge is 0.303 e. The lowest BCUT2D eigenvalue weighted by atomic mass is 9.84. The molecule has 11 nitrogen and oxygen atoms in total. The van der Waals surface area contributed by atoms with E-state index in [9.17, 15) is 19.5 Å². The highest BCUT2D eigenvalue weighted by molar-refractivity contribution is 5.93. The predicted octanol–water partition coefficient (Wildman–Crippen LogP) is 5.94. The van der Waals surface area contributed by atoms with Crippen LogP contribution in [0.1, 0.15) is 73.7 Å². The average molecular weight is 747 g/mol. The van der Waals surface area contributed by atoms with E-state index in [-0.39, 0.29) is 49.4 Å². The maximum atomic E-state index is 13.3. The summed E-state index contributed by atoms with van der Waals surface area (Å²) in [5.74, 6) is -0.939. The molecule has 4 N–H and O–H groups in total. The first-order valence-corrected chi connectivity index (χ1v) is 19.2. The Morgan fingerprint density at radius 1 is 0.855 bits per heavy atom. The molecule has 4 aromatic rings. The molecular formula is C44H50N4O7. The molecule has 0 saturated carbocycles. The van der Waals surface area contributed by atoms with Gasteiger partial charge in [0, 0.05) is 56.2 Å². The van der Waals surface area contributed by atoms with Crippen molar-refractivity contribution in [1.82, 2.24) is 15.5 Å². The number of aliphatic carboxylic acids is 1. The van der Waals surface area contributed by atoms with Crippen molar-refractivity contribution in [1.29, 1.82) is 0 Å². The van der Waals surface area contributed by atoms with Gasteiger partial charge in [-0.15, -0.1) is 0 Å². The lowest BCUT2D eigenvalue weighted by molar-refractivity contribution is -0.276. The van der Waals surface area contributed by atoms with Crippen LogP contribution in [0.5, 0.6) is 0 Å². The van der Waals surface area contributed by atoms with Gasteiger partial charge in [-0.05, 0) is 65.3 Å². The van der Waals surface area contributed by atoms with E-state index in [0.29, 0.717) is 26.2 Å². The van der Waals surface area contributed by atoms with Gasteiger partial charge in [0.2, 0.25) is 11.8 Å². The van der Waals surface area contributed by atoms with Gasteiger partial charge in [-0.3, -0.25) is 14.4 Å². The summed E-state index contributed by atoms with van der Waals surface area (Å²) in [6.07, 6.45) is 0.925. The molecule has 3 saturated heterocycles. The van der Waals surface area contributed by atoms with Crippen molar-refractivity contribution >= 4 is 23.5 Å². The molecule has 3 fully saturated rings. The second-order valence-corrected chi connectivity index (χ2v) is 14.9. The zero-order valence-electron chi connectivity index (χ0n) is 31.2. The van der Waals surface area contributed by atoms with Crippen LogP contribution in [0, 0.1) is 5.92 Å².